The molecule has 1 fully saturated rings. The van der Waals surface area contributed by atoms with E-state index in [0.29, 0.717) is 31.5 Å². The quantitative estimate of drug-likeness (QED) is 0.737. The first-order valence-corrected chi connectivity index (χ1v) is 10.8. The smallest absolute Gasteiger partial charge is 0.329 e. The first-order valence-electron chi connectivity index (χ1n) is 9.34. The maximum atomic E-state index is 12.9. The van der Waals surface area contributed by atoms with Crippen LogP contribution < -0.4 is 5.32 Å². The molecule has 150 valence electrons. The number of rotatable bonds is 7. The lowest BCUT2D eigenvalue weighted by Gasteiger charge is -2.34. The molecular weight excluding hydrogens is 368 g/mol. The minimum Gasteiger partial charge on any atom is -0.480 e. The van der Waals surface area contributed by atoms with Gasteiger partial charge in [-0.25, -0.2) is 13.2 Å². The molecule has 1 aromatic rings. The molecule has 27 heavy (non-hydrogen) atoms. The Hall–Kier alpha value is -1.93. The summed E-state index contributed by atoms with van der Waals surface area (Å²) in [6.45, 7) is 5.85. The fraction of sp³-hybridized carbons (Fsp3) is 0.579. The van der Waals surface area contributed by atoms with Gasteiger partial charge in [0, 0.05) is 18.7 Å². The molecule has 2 rings (SSSR count). The van der Waals surface area contributed by atoms with E-state index in [-0.39, 0.29) is 10.5 Å². The predicted octanol–water partition coefficient (Wildman–Crippen LogP) is 2.54. The Morgan fingerprint density at radius 1 is 1.15 bits per heavy atom. The van der Waals surface area contributed by atoms with Crippen LogP contribution in [0.15, 0.2) is 23.1 Å². The van der Waals surface area contributed by atoms with Crippen molar-refractivity contribution in [1.82, 2.24) is 9.62 Å². The van der Waals surface area contributed by atoms with Crippen molar-refractivity contribution < 1.29 is 23.1 Å². The number of nitrogens with one attached hydrogen (secondary N) is 1. The van der Waals surface area contributed by atoms with Crippen LogP contribution in [0.2, 0.25) is 0 Å². The normalized spacial score (nSPS) is 16.9. The molecule has 0 spiro atoms. The Morgan fingerprint density at radius 3 is 2.26 bits per heavy atom. The van der Waals surface area contributed by atoms with Gasteiger partial charge in [0.25, 0.3) is 5.91 Å². The summed E-state index contributed by atoms with van der Waals surface area (Å²) in [5.41, 5.74) is -0.584. The Bertz CT molecular complexity index is 809. The standard InChI is InChI=1S/C19H28N2O5S/c1-4-21(5-2)27(25,26)16-13-15(10-9-14(16)3)17(22)20-19(18(23)24)11-7-6-8-12-19/h9-10,13H,4-8,11-12H2,1-3H3,(H,20,22)(H,23,24). The van der Waals surface area contributed by atoms with Gasteiger partial charge in [-0.15, -0.1) is 0 Å². The lowest BCUT2D eigenvalue weighted by molar-refractivity contribution is -0.145. The van der Waals surface area contributed by atoms with E-state index in [2.05, 4.69) is 5.32 Å². The first-order chi connectivity index (χ1) is 12.7. The van der Waals surface area contributed by atoms with Crippen molar-refractivity contribution in [2.24, 2.45) is 0 Å². The third-order valence-electron chi connectivity index (χ3n) is 5.24. The SMILES string of the molecule is CCN(CC)S(=O)(=O)c1cc(C(=O)NC2(C(=O)O)CCCCC2)ccc1C. The number of hydrogen-bond donors (Lipinski definition) is 2. The third kappa shape index (κ3) is 4.32. The van der Waals surface area contributed by atoms with Crippen LogP contribution in [0.5, 0.6) is 0 Å². The van der Waals surface area contributed by atoms with Crippen molar-refractivity contribution in [1.29, 1.82) is 0 Å². The second-order valence-corrected chi connectivity index (χ2v) is 8.88. The zero-order valence-corrected chi connectivity index (χ0v) is 16.9. The molecule has 1 saturated carbocycles. The molecule has 0 aromatic heterocycles. The Labute approximate surface area is 160 Å². The number of nitrogens with zero attached hydrogens (tertiary/aromatic N) is 1. The number of aliphatic carboxylic acids is 1. The zero-order valence-electron chi connectivity index (χ0n) is 16.1. The lowest BCUT2D eigenvalue weighted by atomic mass is 9.81. The highest BCUT2D eigenvalue weighted by Crippen LogP contribution is 2.29. The number of carbonyl (C=O) groups excluding carboxylic acids is 1. The molecule has 2 N–H and O–H groups in total. The van der Waals surface area contributed by atoms with E-state index in [0.717, 1.165) is 19.3 Å². The van der Waals surface area contributed by atoms with E-state index >= 15 is 0 Å². The van der Waals surface area contributed by atoms with E-state index in [1.165, 1.54) is 16.4 Å². The van der Waals surface area contributed by atoms with Crippen LogP contribution in [-0.4, -0.2) is 48.3 Å². The van der Waals surface area contributed by atoms with Crippen molar-refractivity contribution in [2.75, 3.05) is 13.1 Å². The number of aryl methyl sites for hydroxylation is 1. The van der Waals surface area contributed by atoms with Crippen molar-refractivity contribution >= 4 is 21.9 Å². The second kappa shape index (κ2) is 8.39. The lowest BCUT2D eigenvalue weighted by Crippen LogP contribution is -2.55. The molecule has 0 aliphatic heterocycles. The third-order valence-corrected chi connectivity index (χ3v) is 7.43. The van der Waals surface area contributed by atoms with Gasteiger partial charge in [0.2, 0.25) is 10.0 Å². The highest BCUT2D eigenvalue weighted by Gasteiger charge is 2.41. The summed E-state index contributed by atoms with van der Waals surface area (Å²) in [5, 5.41) is 12.3. The van der Waals surface area contributed by atoms with Crippen molar-refractivity contribution in [3.05, 3.63) is 29.3 Å². The van der Waals surface area contributed by atoms with Gasteiger partial charge in [0.05, 0.1) is 4.90 Å². The highest BCUT2D eigenvalue weighted by atomic mass is 32.2. The van der Waals surface area contributed by atoms with Gasteiger partial charge in [-0.1, -0.05) is 39.2 Å². The van der Waals surface area contributed by atoms with Gasteiger partial charge >= 0.3 is 5.97 Å². The van der Waals surface area contributed by atoms with Crippen LogP contribution in [0.25, 0.3) is 0 Å². The van der Waals surface area contributed by atoms with Gasteiger partial charge in [-0.3, -0.25) is 4.79 Å². The summed E-state index contributed by atoms with van der Waals surface area (Å²) in [5.74, 6) is -1.60. The summed E-state index contributed by atoms with van der Waals surface area (Å²) in [6, 6.07) is 4.46. The predicted molar refractivity (Wildman–Crippen MR) is 102 cm³/mol. The van der Waals surface area contributed by atoms with Crippen LogP contribution in [0.4, 0.5) is 0 Å². The Balaban J connectivity index is 2.37. The summed E-state index contributed by atoms with van der Waals surface area (Å²) in [4.78, 5) is 24.6. The largest absolute Gasteiger partial charge is 0.480 e. The Kier molecular flexibility index (Phi) is 6.64. The molecule has 0 saturated heterocycles. The number of carbonyl (C=O) groups is 2. The molecule has 8 heteroatoms. The maximum Gasteiger partial charge on any atom is 0.329 e. The first kappa shape index (κ1) is 21.4. The zero-order chi connectivity index (χ0) is 20.2. The molecule has 1 aromatic carbocycles. The van der Waals surface area contributed by atoms with E-state index in [4.69, 9.17) is 0 Å². The summed E-state index contributed by atoms with van der Waals surface area (Å²) in [6.07, 6.45) is 3.18. The fourth-order valence-corrected chi connectivity index (χ4v) is 5.27. The molecule has 0 unspecified atom stereocenters. The number of carboxylic acid groups (broad SMARTS) is 1. The fourth-order valence-electron chi connectivity index (χ4n) is 3.56. The van der Waals surface area contributed by atoms with Gasteiger partial charge in [0.1, 0.15) is 5.54 Å². The average molecular weight is 397 g/mol. The minimum atomic E-state index is -3.72. The summed E-state index contributed by atoms with van der Waals surface area (Å²) >= 11 is 0. The van der Waals surface area contributed by atoms with Gasteiger partial charge in [-0.2, -0.15) is 4.31 Å². The Morgan fingerprint density at radius 2 is 1.74 bits per heavy atom. The molecule has 0 atom stereocenters. The van der Waals surface area contributed by atoms with Crippen LogP contribution >= 0.6 is 0 Å². The molecule has 0 heterocycles. The number of hydrogen-bond acceptors (Lipinski definition) is 4. The minimum absolute atomic E-state index is 0.0758. The topological polar surface area (TPSA) is 104 Å². The molecule has 7 nitrogen and oxygen atoms in total. The maximum absolute atomic E-state index is 12.9. The van der Waals surface area contributed by atoms with Crippen LogP contribution in [0.3, 0.4) is 0 Å². The van der Waals surface area contributed by atoms with E-state index in [9.17, 15) is 23.1 Å². The summed E-state index contributed by atoms with van der Waals surface area (Å²) in [7, 11) is -3.72. The van der Waals surface area contributed by atoms with Gasteiger partial charge in [0.15, 0.2) is 0 Å². The van der Waals surface area contributed by atoms with E-state index < -0.39 is 27.4 Å². The molecule has 1 amide bonds. The van der Waals surface area contributed by atoms with Gasteiger partial charge in [-0.05, 0) is 37.5 Å². The number of benzene rings is 1. The molecule has 1 aliphatic carbocycles. The monoisotopic (exact) mass is 396 g/mol. The van der Waals surface area contributed by atoms with Crippen LogP contribution in [0.1, 0.15) is 61.9 Å². The highest BCUT2D eigenvalue weighted by molar-refractivity contribution is 7.89. The number of sulfonamides is 1. The van der Waals surface area contributed by atoms with Crippen LogP contribution in [0, 0.1) is 6.92 Å². The van der Waals surface area contributed by atoms with E-state index in [1.807, 2.05) is 0 Å². The number of amides is 1. The van der Waals surface area contributed by atoms with Crippen molar-refractivity contribution in [3.8, 4) is 0 Å². The molecule has 0 radical (unpaired) electrons. The molecule has 1 aliphatic rings. The van der Waals surface area contributed by atoms with Gasteiger partial charge < -0.3 is 10.4 Å². The molecule has 0 bridgehead atoms. The van der Waals surface area contributed by atoms with Crippen molar-refractivity contribution in [3.63, 3.8) is 0 Å². The van der Waals surface area contributed by atoms with Crippen LogP contribution in [-0.2, 0) is 14.8 Å². The molecular formula is C19H28N2O5S. The van der Waals surface area contributed by atoms with E-state index in [1.54, 1.807) is 26.8 Å². The van der Waals surface area contributed by atoms with Crippen molar-refractivity contribution in [2.45, 2.75) is 63.3 Å². The number of carboxylic acids is 1. The summed E-state index contributed by atoms with van der Waals surface area (Å²) < 4.78 is 27.0. The average Bonchev–Trinajstić information content (AvgIpc) is 2.63. The second-order valence-electron chi connectivity index (χ2n) is 6.97.